The Balaban J connectivity index is 1.78. The van der Waals surface area contributed by atoms with Crippen molar-refractivity contribution >= 4 is 29.6 Å². The monoisotopic (exact) mass is 406 g/mol. The Morgan fingerprint density at radius 1 is 1.29 bits per heavy atom. The van der Waals surface area contributed by atoms with Gasteiger partial charge in [0.15, 0.2) is 5.16 Å². The highest BCUT2D eigenvalue weighted by Crippen LogP contribution is 2.28. The Labute approximate surface area is 168 Å². The highest BCUT2D eigenvalue weighted by molar-refractivity contribution is 7.99. The molecule has 3 rings (SSSR count). The summed E-state index contributed by atoms with van der Waals surface area (Å²) in [5.41, 5.74) is 0. The molecule has 1 aliphatic rings. The number of urea groups is 1. The van der Waals surface area contributed by atoms with Crippen LogP contribution in [0.1, 0.15) is 26.0 Å². The van der Waals surface area contributed by atoms with E-state index >= 15 is 0 Å². The Hall–Kier alpha value is -2.49. The Morgan fingerprint density at radius 2 is 2.04 bits per heavy atom. The Kier molecular flexibility index (Phi) is 6.61. The zero-order valence-electron chi connectivity index (χ0n) is 16.3. The predicted octanol–water partition coefficient (Wildman–Crippen LogP) is 1.95. The summed E-state index contributed by atoms with van der Waals surface area (Å²) in [6.07, 6.45) is 2.83. The summed E-state index contributed by atoms with van der Waals surface area (Å²) in [5, 5.41) is 13.9. The van der Waals surface area contributed by atoms with Gasteiger partial charge in [-0.25, -0.2) is 4.79 Å². The lowest BCUT2D eigenvalue weighted by molar-refractivity contribution is -0.117. The molecule has 0 aliphatic carbocycles. The second kappa shape index (κ2) is 9.13. The third kappa shape index (κ3) is 5.06. The van der Waals surface area contributed by atoms with Gasteiger partial charge in [-0.05, 0) is 30.4 Å². The van der Waals surface area contributed by atoms with Gasteiger partial charge in [0, 0.05) is 20.1 Å². The Bertz CT molecular complexity index is 796. The fourth-order valence-electron chi connectivity index (χ4n) is 3.50. The molecule has 0 aromatic carbocycles. The van der Waals surface area contributed by atoms with E-state index in [4.69, 9.17) is 4.42 Å². The minimum atomic E-state index is -0.528. The number of piperidine rings is 1. The molecule has 1 fully saturated rings. The van der Waals surface area contributed by atoms with E-state index in [9.17, 15) is 9.59 Å². The molecule has 1 aliphatic heterocycles. The van der Waals surface area contributed by atoms with Crippen molar-refractivity contribution in [2.75, 3.05) is 30.8 Å². The van der Waals surface area contributed by atoms with Gasteiger partial charge in [0.25, 0.3) is 0 Å². The first kappa shape index (κ1) is 20.2. The molecule has 3 heterocycles. The molecule has 0 radical (unpaired) electrons. The van der Waals surface area contributed by atoms with Crippen LogP contribution in [0, 0.1) is 11.8 Å². The average molecular weight is 407 g/mol. The first-order valence-corrected chi connectivity index (χ1v) is 10.3. The molecule has 152 valence electrons. The first-order chi connectivity index (χ1) is 13.5. The lowest BCUT2D eigenvalue weighted by Gasteiger charge is -2.35. The molecule has 10 heteroatoms. The quantitative estimate of drug-likeness (QED) is 0.706. The molecule has 0 bridgehead atoms. The van der Waals surface area contributed by atoms with Gasteiger partial charge in [0.1, 0.15) is 5.76 Å². The molecule has 2 aromatic rings. The molecule has 2 aromatic heterocycles. The van der Waals surface area contributed by atoms with Crippen molar-refractivity contribution in [2.45, 2.75) is 32.0 Å². The van der Waals surface area contributed by atoms with Crippen LogP contribution in [-0.2, 0) is 11.3 Å². The number of aromatic nitrogens is 3. The molecular formula is C18H26N6O3S. The normalized spacial score (nSPS) is 19.5. The maximum atomic E-state index is 11.9. The predicted molar refractivity (Wildman–Crippen MR) is 106 cm³/mol. The van der Waals surface area contributed by atoms with Gasteiger partial charge in [-0.1, -0.05) is 25.6 Å². The number of nitrogens with one attached hydrogen (secondary N) is 2. The second-order valence-corrected chi connectivity index (χ2v) is 8.16. The van der Waals surface area contributed by atoms with Crippen molar-refractivity contribution in [2.24, 2.45) is 11.8 Å². The minimum Gasteiger partial charge on any atom is -0.467 e. The third-order valence-electron chi connectivity index (χ3n) is 4.56. The maximum absolute atomic E-state index is 11.9. The third-order valence-corrected chi connectivity index (χ3v) is 5.52. The van der Waals surface area contributed by atoms with Crippen molar-refractivity contribution in [3.8, 4) is 0 Å². The number of hydrogen-bond acceptors (Lipinski definition) is 7. The minimum absolute atomic E-state index is 0.0660. The van der Waals surface area contributed by atoms with Crippen LogP contribution in [-0.4, -0.2) is 52.6 Å². The van der Waals surface area contributed by atoms with E-state index in [0.29, 0.717) is 23.5 Å². The van der Waals surface area contributed by atoms with Gasteiger partial charge in [-0.2, -0.15) is 0 Å². The molecule has 9 nitrogen and oxygen atoms in total. The highest BCUT2D eigenvalue weighted by Gasteiger charge is 2.27. The summed E-state index contributed by atoms with van der Waals surface area (Å²) in [6, 6.07) is 3.21. The van der Waals surface area contributed by atoms with Crippen LogP contribution in [0.4, 0.5) is 10.7 Å². The van der Waals surface area contributed by atoms with E-state index in [0.717, 1.165) is 24.8 Å². The molecular weight excluding hydrogens is 380 g/mol. The van der Waals surface area contributed by atoms with E-state index in [1.54, 1.807) is 6.26 Å². The van der Waals surface area contributed by atoms with Crippen molar-refractivity contribution < 1.29 is 14.0 Å². The van der Waals surface area contributed by atoms with Crippen LogP contribution in [0.3, 0.4) is 0 Å². The molecule has 1 saturated heterocycles. The van der Waals surface area contributed by atoms with Gasteiger partial charge in [-0.15, -0.1) is 10.2 Å². The number of carbonyl (C=O) groups is 2. The van der Waals surface area contributed by atoms with Crippen LogP contribution in [0.25, 0.3) is 0 Å². The average Bonchev–Trinajstić information content (AvgIpc) is 3.29. The summed E-state index contributed by atoms with van der Waals surface area (Å²) in [7, 11) is 1.46. The fraction of sp³-hybridized carbons (Fsp3) is 0.556. The first-order valence-electron chi connectivity index (χ1n) is 9.31. The van der Waals surface area contributed by atoms with Gasteiger partial charge < -0.3 is 14.6 Å². The number of rotatable bonds is 6. The van der Waals surface area contributed by atoms with E-state index < -0.39 is 11.9 Å². The van der Waals surface area contributed by atoms with Crippen LogP contribution >= 0.6 is 11.8 Å². The topological polar surface area (TPSA) is 105 Å². The lowest BCUT2D eigenvalue weighted by atomic mass is 9.92. The summed E-state index contributed by atoms with van der Waals surface area (Å²) < 4.78 is 7.48. The standard InChI is InChI=1S/C18H26N6O3S/c1-12-7-13(2)9-23(8-12)17-21-22-18(24(17)10-14-5-4-6-27-14)28-11-15(25)20-16(26)19-3/h4-6,12-13H,7-11H2,1-3H3,(H2,19,20,25,26). The van der Waals surface area contributed by atoms with Gasteiger partial charge in [-0.3, -0.25) is 14.7 Å². The summed E-state index contributed by atoms with van der Waals surface area (Å²) in [5.74, 6) is 2.40. The number of amides is 3. The number of imide groups is 1. The fourth-order valence-corrected chi connectivity index (χ4v) is 4.23. The number of hydrogen-bond donors (Lipinski definition) is 2. The maximum Gasteiger partial charge on any atom is 0.321 e. The van der Waals surface area contributed by atoms with E-state index in [1.165, 1.54) is 25.2 Å². The largest absolute Gasteiger partial charge is 0.467 e. The highest BCUT2D eigenvalue weighted by atomic mass is 32.2. The summed E-state index contributed by atoms with van der Waals surface area (Å²) >= 11 is 1.24. The molecule has 2 N–H and O–H groups in total. The van der Waals surface area contributed by atoms with Crippen LogP contribution in [0.2, 0.25) is 0 Å². The van der Waals surface area contributed by atoms with E-state index in [-0.39, 0.29) is 5.75 Å². The van der Waals surface area contributed by atoms with Crippen molar-refractivity contribution in [1.29, 1.82) is 0 Å². The van der Waals surface area contributed by atoms with E-state index in [2.05, 4.69) is 39.6 Å². The van der Waals surface area contributed by atoms with Crippen molar-refractivity contribution in [3.63, 3.8) is 0 Å². The Morgan fingerprint density at radius 3 is 2.68 bits per heavy atom. The zero-order valence-corrected chi connectivity index (χ0v) is 17.2. The lowest BCUT2D eigenvalue weighted by Crippen LogP contribution is -2.40. The summed E-state index contributed by atoms with van der Waals surface area (Å²) in [6.45, 7) is 6.81. The van der Waals surface area contributed by atoms with Crippen LogP contribution in [0.15, 0.2) is 28.0 Å². The summed E-state index contributed by atoms with van der Waals surface area (Å²) in [4.78, 5) is 25.5. The van der Waals surface area contributed by atoms with E-state index in [1.807, 2.05) is 16.7 Å². The molecule has 0 spiro atoms. The van der Waals surface area contributed by atoms with Crippen molar-refractivity contribution in [1.82, 2.24) is 25.4 Å². The van der Waals surface area contributed by atoms with Crippen molar-refractivity contribution in [3.05, 3.63) is 24.2 Å². The number of thioether (sulfide) groups is 1. The molecule has 28 heavy (non-hydrogen) atoms. The zero-order chi connectivity index (χ0) is 20.1. The van der Waals surface area contributed by atoms with Crippen LogP contribution in [0.5, 0.6) is 0 Å². The number of nitrogens with zero attached hydrogens (tertiary/aromatic N) is 4. The van der Waals surface area contributed by atoms with Gasteiger partial charge in [0.05, 0.1) is 18.6 Å². The number of furan rings is 1. The second-order valence-electron chi connectivity index (χ2n) is 7.22. The molecule has 3 amide bonds. The molecule has 2 unspecified atom stereocenters. The molecule has 2 atom stereocenters. The molecule has 0 saturated carbocycles. The van der Waals surface area contributed by atoms with Gasteiger partial charge in [0.2, 0.25) is 11.9 Å². The SMILES string of the molecule is CNC(=O)NC(=O)CSc1nnc(N2CC(C)CC(C)C2)n1Cc1ccco1. The van der Waals surface area contributed by atoms with Crippen LogP contribution < -0.4 is 15.5 Å². The number of carbonyl (C=O) groups excluding carboxylic acids is 2. The number of anilines is 1. The van der Waals surface area contributed by atoms with Gasteiger partial charge >= 0.3 is 6.03 Å². The smallest absolute Gasteiger partial charge is 0.321 e.